The zero-order valence-corrected chi connectivity index (χ0v) is 14.6. The molecule has 0 amide bonds. The van der Waals surface area contributed by atoms with Crippen LogP contribution in [0.5, 0.6) is 5.75 Å². The summed E-state index contributed by atoms with van der Waals surface area (Å²) in [6, 6.07) is 14.8. The van der Waals surface area contributed by atoms with Crippen LogP contribution in [-0.2, 0) is 14.4 Å². The molecule has 0 fully saturated rings. The topological polar surface area (TPSA) is 69.5 Å². The van der Waals surface area contributed by atoms with Crippen LogP contribution in [0.2, 0.25) is 0 Å². The van der Waals surface area contributed by atoms with Gasteiger partial charge < -0.3 is 14.4 Å². The van der Waals surface area contributed by atoms with Crippen LogP contribution in [0.25, 0.3) is 0 Å². The highest BCUT2D eigenvalue weighted by Gasteiger charge is 2.20. The van der Waals surface area contributed by atoms with Crippen LogP contribution in [0.15, 0.2) is 58.8 Å². The van der Waals surface area contributed by atoms with Gasteiger partial charge in [-0.25, -0.2) is 4.79 Å². The van der Waals surface area contributed by atoms with E-state index in [4.69, 9.17) is 14.4 Å². The summed E-state index contributed by atoms with van der Waals surface area (Å²) in [7, 11) is 2.63. The predicted octanol–water partition coefficient (Wildman–Crippen LogP) is 3.32. The number of oxime groups is 2. The van der Waals surface area contributed by atoms with Crippen molar-refractivity contribution in [2.45, 2.75) is 13.8 Å². The standard InChI is InChI=1S/C19H20N2O4/c1-13-8-7-9-15(12-13)14(2)20-25-17-11-6-5-10-16(17)18(21-24-4)19(22)23-3/h5-12H,1-4H3. The zero-order valence-electron chi connectivity index (χ0n) is 14.6. The van der Waals surface area contributed by atoms with Gasteiger partial charge in [0.15, 0.2) is 11.5 Å². The Balaban J connectivity index is 2.33. The van der Waals surface area contributed by atoms with Gasteiger partial charge in [-0.15, -0.1) is 0 Å². The first-order valence-electron chi connectivity index (χ1n) is 7.64. The zero-order chi connectivity index (χ0) is 18.2. The molecule has 0 radical (unpaired) electrons. The van der Waals surface area contributed by atoms with Crippen molar-refractivity contribution < 1.29 is 19.2 Å². The molecule has 25 heavy (non-hydrogen) atoms. The fraction of sp³-hybridized carbons (Fsp3) is 0.211. The molecule has 6 heteroatoms. The van der Waals surface area contributed by atoms with Crippen molar-refractivity contribution in [3.63, 3.8) is 0 Å². The molecule has 0 bridgehead atoms. The molecule has 0 heterocycles. The minimum absolute atomic E-state index is 0.00371. The number of hydrogen-bond donors (Lipinski definition) is 0. The Morgan fingerprint density at radius 3 is 2.44 bits per heavy atom. The monoisotopic (exact) mass is 340 g/mol. The minimum Gasteiger partial charge on any atom is -0.464 e. The summed E-state index contributed by atoms with van der Waals surface area (Å²) < 4.78 is 4.74. The summed E-state index contributed by atoms with van der Waals surface area (Å²) in [5, 5.41) is 7.90. The molecule has 130 valence electrons. The lowest BCUT2D eigenvalue weighted by Crippen LogP contribution is -2.18. The quantitative estimate of drug-likeness (QED) is 0.459. The largest absolute Gasteiger partial charge is 0.464 e. The van der Waals surface area contributed by atoms with Crippen molar-refractivity contribution in [3.05, 3.63) is 65.2 Å². The van der Waals surface area contributed by atoms with Gasteiger partial charge in [0.25, 0.3) is 0 Å². The van der Waals surface area contributed by atoms with Gasteiger partial charge in [0.2, 0.25) is 0 Å². The summed E-state index contributed by atoms with van der Waals surface area (Å²) in [5.74, 6) is -0.256. The fourth-order valence-corrected chi connectivity index (χ4v) is 2.17. The number of nitrogens with zero attached hydrogens (tertiary/aromatic N) is 2. The van der Waals surface area contributed by atoms with E-state index in [2.05, 4.69) is 10.3 Å². The van der Waals surface area contributed by atoms with Crippen molar-refractivity contribution in [2.24, 2.45) is 10.3 Å². The van der Waals surface area contributed by atoms with E-state index in [-0.39, 0.29) is 5.71 Å². The Morgan fingerprint density at radius 2 is 1.76 bits per heavy atom. The lowest BCUT2D eigenvalue weighted by Gasteiger charge is -2.09. The SMILES string of the molecule is CON=C(C(=O)OC)c1ccccc1ON=C(C)c1cccc(C)c1. The number of ether oxygens (including phenoxy) is 1. The van der Waals surface area contributed by atoms with E-state index < -0.39 is 5.97 Å². The summed E-state index contributed by atoms with van der Waals surface area (Å²) in [5.41, 5.74) is 3.23. The number of esters is 1. The van der Waals surface area contributed by atoms with Gasteiger partial charge in [-0.2, -0.15) is 0 Å². The number of aryl methyl sites for hydroxylation is 1. The summed E-state index contributed by atoms with van der Waals surface area (Å²) in [6.45, 7) is 3.86. The molecule has 2 aromatic rings. The van der Waals surface area contributed by atoms with Crippen LogP contribution in [0.4, 0.5) is 0 Å². The molecule has 0 aromatic heterocycles. The number of carbonyl (C=O) groups excluding carboxylic acids is 1. The second-order valence-electron chi connectivity index (χ2n) is 5.25. The lowest BCUT2D eigenvalue weighted by molar-refractivity contribution is -0.132. The first-order chi connectivity index (χ1) is 12.1. The Bertz CT molecular complexity index is 813. The molecule has 6 nitrogen and oxygen atoms in total. The minimum atomic E-state index is -0.628. The summed E-state index contributed by atoms with van der Waals surface area (Å²) in [4.78, 5) is 22.2. The van der Waals surface area contributed by atoms with E-state index in [9.17, 15) is 4.79 Å². The third kappa shape index (κ3) is 4.67. The predicted molar refractivity (Wildman–Crippen MR) is 96.0 cm³/mol. The molecule has 2 aromatic carbocycles. The molecule has 0 aliphatic rings. The van der Waals surface area contributed by atoms with Crippen molar-refractivity contribution in [3.8, 4) is 5.75 Å². The second kappa shape index (κ2) is 8.63. The number of benzene rings is 2. The van der Waals surface area contributed by atoms with Crippen molar-refractivity contribution >= 4 is 17.4 Å². The third-order valence-electron chi connectivity index (χ3n) is 3.42. The van der Waals surface area contributed by atoms with E-state index in [1.165, 1.54) is 14.2 Å². The van der Waals surface area contributed by atoms with Gasteiger partial charge in [0.1, 0.15) is 7.11 Å². The molecule has 0 aliphatic carbocycles. The highest BCUT2D eigenvalue weighted by molar-refractivity contribution is 6.43. The molecule has 2 rings (SSSR count). The average Bonchev–Trinajstić information content (AvgIpc) is 2.64. The summed E-state index contributed by atoms with van der Waals surface area (Å²) in [6.07, 6.45) is 0. The van der Waals surface area contributed by atoms with Gasteiger partial charge in [0, 0.05) is 0 Å². The second-order valence-corrected chi connectivity index (χ2v) is 5.25. The van der Waals surface area contributed by atoms with Gasteiger partial charge in [-0.05, 0) is 31.5 Å². The van der Waals surface area contributed by atoms with Crippen LogP contribution in [0.3, 0.4) is 0 Å². The Kier molecular flexibility index (Phi) is 6.28. The molecule has 0 unspecified atom stereocenters. The van der Waals surface area contributed by atoms with Crippen LogP contribution < -0.4 is 4.84 Å². The smallest absolute Gasteiger partial charge is 0.360 e. The maximum atomic E-state index is 11.9. The first kappa shape index (κ1) is 18.2. The van der Waals surface area contributed by atoms with E-state index in [0.29, 0.717) is 17.0 Å². The Hall–Kier alpha value is -3.15. The molecule has 0 N–H and O–H groups in total. The van der Waals surface area contributed by atoms with Crippen LogP contribution in [0.1, 0.15) is 23.6 Å². The average molecular weight is 340 g/mol. The van der Waals surface area contributed by atoms with Crippen LogP contribution in [-0.4, -0.2) is 31.6 Å². The number of para-hydroxylation sites is 1. The molecule has 0 saturated carbocycles. The number of hydrogen-bond acceptors (Lipinski definition) is 6. The van der Waals surface area contributed by atoms with E-state index >= 15 is 0 Å². The van der Waals surface area contributed by atoms with Crippen LogP contribution >= 0.6 is 0 Å². The van der Waals surface area contributed by atoms with Gasteiger partial charge in [-0.1, -0.05) is 52.3 Å². The Morgan fingerprint density at radius 1 is 1.00 bits per heavy atom. The van der Waals surface area contributed by atoms with Crippen molar-refractivity contribution in [1.29, 1.82) is 0 Å². The highest BCUT2D eigenvalue weighted by Crippen LogP contribution is 2.20. The molecule has 0 atom stereocenters. The number of methoxy groups -OCH3 is 1. The molecule has 0 spiro atoms. The summed E-state index contributed by atoms with van der Waals surface area (Å²) >= 11 is 0. The van der Waals surface area contributed by atoms with Crippen LogP contribution in [0, 0.1) is 6.92 Å². The van der Waals surface area contributed by atoms with E-state index in [1.54, 1.807) is 24.3 Å². The Labute approximate surface area is 146 Å². The maximum Gasteiger partial charge on any atom is 0.360 e. The number of carbonyl (C=O) groups is 1. The molecule has 0 aliphatic heterocycles. The number of rotatable bonds is 6. The molecular weight excluding hydrogens is 320 g/mol. The molecular formula is C19H20N2O4. The van der Waals surface area contributed by atoms with Crippen molar-refractivity contribution in [2.75, 3.05) is 14.2 Å². The van der Waals surface area contributed by atoms with E-state index in [0.717, 1.165) is 11.1 Å². The van der Waals surface area contributed by atoms with Gasteiger partial charge in [0.05, 0.1) is 18.4 Å². The molecule has 0 saturated heterocycles. The maximum absolute atomic E-state index is 11.9. The van der Waals surface area contributed by atoms with Crippen molar-refractivity contribution in [1.82, 2.24) is 0 Å². The fourth-order valence-electron chi connectivity index (χ4n) is 2.17. The van der Waals surface area contributed by atoms with Gasteiger partial charge in [-0.3, -0.25) is 0 Å². The third-order valence-corrected chi connectivity index (χ3v) is 3.42. The van der Waals surface area contributed by atoms with Gasteiger partial charge >= 0.3 is 5.97 Å². The lowest BCUT2D eigenvalue weighted by atomic mass is 10.1. The first-order valence-corrected chi connectivity index (χ1v) is 7.64. The van der Waals surface area contributed by atoms with E-state index in [1.807, 2.05) is 38.1 Å². The normalized spacial score (nSPS) is 11.8. The highest BCUT2D eigenvalue weighted by atomic mass is 16.6.